The van der Waals surface area contributed by atoms with Crippen molar-refractivity contribution in [1.82, 2.24) is 10.6 Å². The van der Waals surface area contributed by atoms with E-state index in [-0.39, 0.29) is 40.6 Å². The Kier molecular flexibility index (Phi) is 11.4. The first-order chi connectivity index (χ1) is 21.1. The van der Waals surface area contributed by atoms with Gasteiger partial charge in [0.1, 0.15) is 0 Å². The molecule has 252 valence electrons. The highest BCUT2D eigenvalue weighted by molar-refractivity contribution is 7.80. The number of hydrogen-bond acceptors (Lipinski definition) is 7. The second-order valence-corrected chi connectivity index (χ2v) is 16.6. The molecular formula is C34H65N3O5S. The van der Waals surface area contributed by atoms with Crippen LogP contribution in [0.3, 0.4) is 0 Å². The molecule has 4 saturated carbocycles. The molecule has 43 heavy (non-hydrogen) atoms. The molecule has 9 heteroatoms. The van der Waals surface area contributed by atoms with Crippen LogP contribution in [0.5, 0.6) is 0 Å². The van der Waals surface area contributed by atoms with Crippen molar-refractivity contribution < 1.29 is 25.0 Å². The van der Waals surface area contributed by atoms with Crippen LogP contribution >= 0.6 is 0 Å². The highest BCUT2D eigenvalue weighted by Gasteiger charge is 2.62. The quantitative estimate of drug-likeness (QED) is 0.111. The standard InChI is InChI=1S/C34H65N3O5S/c1-23(2)31(42-43(39,40)41)12-9-24(3)27-10-11-28-32-29(14-16-34(27,28)5)33(4)15-13-26(21-25(33)22-30(32)38)37-20-8-19-36-18-7-6-17-35/h23-32,36-38H,6-22,35H2,1-5H3,(H,39,40,41)/t24-,25-,26+,27-,28?,29?,30?,31-,32?,33+,34-/m1/s1/i9D,12D/t9?,12?,24-,25-,26+,27-,28?,29?,30?,31-,32?,33+,34-. The maximum atomic E-state index is 11.8. The van der Waals surface area contributed by atoms with Gasteiger partial charge in [-0.15, -0.1) is 0 Å². The van der Waals surface area contributed by atoms with E-state index >= 15 is 0 Å². The molecule has 0 aromatic carbocycles. The van der Waals surface area contributed by atoms with Crippen molar-refractivity contribution in [3.63, 3.8) is 0 Å². The van der Waals surface area contributed by atoms with Gasteiger partial charge in [-0.05, 0) is 162 Å². The van der Waals surface area contributed by atoms with Gasteiger partial charge < -0.3 is 21.5 Å². The van der Waals surface area contributed by atoms with E-state index in [0.717, 1.165) is 84.0 Å². The van der Waals surface area contributed by atoms with Gasteiger partial charge in [0.15, 0.2) is 0 Å². The maximum Gasteiger partial charge on any atom is 0.397 e. The first-order valence-electron chi connectivity index (χ1n) is 18.6. The summed E-state index contributed by atoms with van der Waals surface area (Å²) in [6, 6.07) is 0.529. The minimum atomic E-state index is -4.71. The monoisotopic (exact) mass is 629 g/mol. The molecule has 0 aromatic rings. The van der Waals surface area contributed by atoms with E-state index in [9.17, 15) is 18.1 Å². The van der Waals surface area contributed by atoms with Crippen molar-refractivity contribution in [1.29, 1.82) is 0 Å². The molecule has 4 fully saturated rings. The van der Waals surface area contributed by atoms with Crippen molar-refractivity contribution in [3.8, 4) is 0 Å². The SMILES string of the molecule is [2H]C(C([2H])[C@@H](C)[C@H]1CCC2C3C(O)C[C@H]4C[C@@H](NCCCNCCCCN)CC[C@]4(C)C3CC[C@@]21C)[C@@H](OS(=O)(=O)O)C(C)C. The minimum Gasteiger partial charge on any atom is -0.393 e. The molecule has 0 aromatic heterocycles. The number of rotatable bonds is 16. The van der Waals surface area contributed by atoms with Gasteiger partial charge in [0, 0.05) is 8.78 Å². The molecule has 4 aliphatic rings. The zero-order chi connectivity index (χ0) is 33.2. The van der Waals surface area contributed by atoms with Crippen LogP contribution in [0.1, 0.15) is 121 Å². The normalized spacial score (nSPS) is 41.4. The molecule has 13 atom stereocenters. The average molecular weight is 630 g/mol. The van der Waals surface area contributed by atoms with Crippen LogP contribution in [-0.2, 0) is 14.6 Å². The summed E-state index contributed by atoms with van der Waals surface area (Å²) in [6.07, 6.45) is 8.67. The Labute approximate surface area is 266 Å². The van der Waals surface area contributed by atoms with E-state index in [1.807, 2.05) is 0 Å². The van der Waals surface area contributed by atoms with E-state index in [2.05, 4.69) is 31.4 Å². The summed E-state index contributed by atoms with van der Waals surface area (Å²) >= 11 is 0. The van der Waals surface area contributed by atoms with Gasteiger partial charge in [-0.1, -0.05) is 34.6 Å². The second kappa shape index (κ2) is 15.1. The van der Waals surface area contributed by atoms with Crippen LogP contribution in [-0.4, -0.2) is 62.5 Å². The lowest BCUT2D eigenvalue weighted by Crippen LogP contribution is -2.59. The lowest BCUT2D eigenvalue weighted by Gasteiger charge is -2.62. The Bertz CT molecular complexity index is 1050. The van der Waals surface area contributed by atoms with Gasteiger partial charge in [-0.3, -0.25) is 4.55 Å². The van der Waals surface area contributed by atoms with Crippen LogP contribution in [0.25, 0.3) is 0 Å². The summed E-state index contributed by atoms with van der Waals surface area (Å²) in [4.78, 5) is 0. The molecule has 6 N–H and O–H groups in total. The van der Waals surface area contributed by atoms with Crippen molar-refractivity contribution in [2.45, 2.75) is 136 Å². The summed E-state index contributed by atoms with van der Waals surface area (Å²) in [6.45, 7) is 14.3. The molecule has 0 aliphatic heterocycles. The molecule has 0 saturated heterocycles. The zero-order valence-electron chi connectivity index (χ0n) is 29.6. The van der Waals surface area contributed by atoms with Crippen molar-refractivity contribution in [3.05, 3.63) is 0 Å². The number of nitrogens with two attached hydrogens (primary N) is 1. The van der Waals surface area contributed by atoms with Crippen molar-refractivity contribution in [2.75, 3.05) is 26.2 Å². The molecule has 0 spiro atoms. The van der Waals surface area contributed by atoms with Crippen LogP contribution in [0, 0.1) is 52.3 Å². The molecule has 4 rings (SSSR count). The van der Waals surface area contributed by atoms with Gasteiger partial charge in [0.25, 0.3) is 0 Å². The van der Waals surface area contributed by atoms with Gasteiger partial charge in [-0.2, -0.15) is 8.42 Å². The number of unbranched alkanes of at least 4 members (excludes halogenated alkanes) is 1. The Morgan fingerprint density at radius 3 is 2.35 bits per heavy atom. The second-order valence-electron chi connectivity index (χ2n) is 15.5. The fourth-order valence-electron chi connectivity index (χ4n) is 10.3. The molecule has 8 nitrogen and oxygen atoms in total. The van der Waals surface area contributed by atoms with E-state index in [4.69, 9.17) is 12.7 Å². The predicted octanol–water partition coefficient (Wildman–Crippen LogP) is 5.55. The predicted molar refractivity (Wildman–Crippen MR) is 174 cm³/mol. The Morgan fingerprint density at radius 1 is 0.953 bits per heavy atom. The van der Waals surface area contributed by atoms with Crippen LogP contribution in [0.15, 0.2) is 0 Å². The van der Waals surface area contributed by atoms with Crippen LogP contribution in [0.4, 0.5) is 0 Å². The van der Waals surface area contributed by atoms with E-state index in [1.165, 1.54) is 12.8 Å². The number of hydrogen-bond donors (Lipinski definition) is 5. The molecule has 6 unspecified atom stereocenters. The van der Waals surface area contributed by atoms with E-state index < -0.39 is 29.3 Å². The largest absolute Gasteiger partial charge is 0.397 e. The minimum absolute atomic E-state index is 0.0157. The Morgan fingerprint density at radius 2 is 1.65 bits per heavy atom. The summed E-state index contributed by atoms with van der Waals surface area (Å²) in [7, 11) is -4.71. The third kappa shape index (κ3) is 8.36. The third-order valence-electron chi connectivity index (χ3n) is 12.7. The third-order valence-corrected chi connectivity index (χ3v) is 13.1. The summed E-state index contributed by atoms with van der Waals surface area (Å²) in [5.74, 6) is 1.49. The molecule has 0 bridgehead atoms. The lowest BCUT2D eigenvalue weighted by molar-refractivity contribution is -0.167. The summed E-state index contributed by atoms with van der Waals surface area (Å²) in [5, 5.41) is 19.2. The first kappa shape index (κ1) is 32.6. The number of nitrogens with one attached hydrogen (secondary N) is 2. The highest BCUT2D eigenvalue weighted by Crippen LogP contribution is 2.68. The van der Waals surface area contributed by atoms with Crippen LogP contribution in [0.2, 0.25) is 0 Å². The van der Waals surface area contributed by atoms with Crippen molar-refractivity contribution in [2.24, 2.45) is 58.0 Å². The fourth-order valence-corrected chi connectivity index (χ4v) is 10.8. The van der Waals surface area contributed by atoms with E-state index in [0.29, 0.717) is 23.8 Å². The average Bonchev–Trinajstić information content (AvgIpc) is 3.33. The Hall–Kier alpha value is -0.290. The molecule has 0 amide bonds. The molecule has 0 radical (unpaired) electrons. The first-order valence-corrected chi connectivity index (χ1v) is 18.8. The molecule has 4 aliphatic carbocycles. The topological polar surface area (TPSA) is 134 Å². The zero-order valence-corrected chi connectivity index (χ0v) is 28.5. The Balaban J connectivity index is 1.37. The number of aliphatic hydroxyl groups is 1. The molecular weight excluding hydrogens is 562 g/mol. The van der Waals surface area contributed by atoms with Crippen molar-refractivity contribution >= 4 is 10.4 Å². The highest BCUT2D eigenvalue weighted by atomic mass is 32.3. The van der Waals surface area contributed by atoms with Gasteiger partial charge in [-0.25, -0.2) is 4.18 Å². The number of fused-ring (bicyclic) bond motifs is 5. The smallest absolute Gasteiger partial charge is 0.393 e. The lowest BCUT2D eigenvalue weighted by atomic mass is 9.43. The fraction of sp³-hybridized carbons (Fsp3) is 1.00. The number of aliphatic hydroxyl groups excluding tert-OH is 1. The maximum absolute atomic E-state index is 11.8. The summed E-state index contributed by atoms with van der Waals surface area (Å²) < 4.78 is 55.1. The van der Waals surface area contributed by atoms with Crippen LogP contribution < -0.4 is 16.4 Å². The summed E-state index contributed by atoms with van der Waals surface area (Å²) in [5.41, 5.74) is 5.81. The van der Waals surface area contributed by atoms with E-state index in [1.54, 1.807) is 13.8 Å². The van der Waals surface area contributed by atoms with Gasteiger partial charge in [0.05, 0.1) is 12.2 Å². The molecule has 0 heterocycles. The van der Waals surface area contributed by atoms with Gasteiger partial charge >= 0.3 is 10.4 Å². The van der Waals surface area contributed by atoms with Gasteiger partial charge in [0.2, 0.25) is 0 Å².